The van der Waals surface area contributed by atoms with Crippen LogP contribution in [-0.2, 0) is 19.6 Å². The molecule has 2 saturated heterocycles. The zero-order chi connectivity index (χ0) is 23.5. The van der Waals surface area contributed by atoms with Gasteiger partial charge in [0.2, 0.25) is 15.9 Å². The molecule has 1 amide bonds. The third kappa shape index (κ3) is 5.61. The summed E-state index contributed by atoms with van der Waals surface area (Å²) in [6.45, 7) is 5.38. The molecule has 3 fully saturated rings. The number of hydrogen-bond donors (Lipinski definition) is 1. The van der Waals surface area contributed by atoms with Crippen LogP contribution in [0.5, 0.6) is 0 Å². The number of likely N-dealkylation sites (tertiary alicyclic amines) is 2. The van der Waals surface area contributed by atoms with Crippen molar-refractivity contribution in [3.05, 3.63) is 29.8 Å². The largest absolute Gasteiger partial charge is 0.381 e. The molecule has 8 heteroatoms. The molecule has 0 spiro atoms. The predicted molar refractivity (Wildman–Crippen MR) is 129 cm³/mol. The Labute approximate surface area is 198 Å². The van der Waals surface area contributed by atoms with Gasteiger partial charge in [0.05, 0.1) is 11.0 Å². The number of sulfonamides is 1. The molecule has 0 atom stereocenters. The van der Waals surface area contributed by atoms with E-state index in [0.717, 1.165) is 63.6 Å². The van der Waals surface area contributed by atoms with E-state index in [2.05, 4.69) is 9.62 Å². The van der Waals surface area contributed by atoms with Gasteiger partial charge in [0.1, 0.15) is 5.54 Å². The molecule has 7 nitrogen and oxygen atoms in total. The van der Waals surface area contributed by atoms with Crippen molar-refractivity contribution in [2.45, 2.75) is 87.3 Å². The van der Waals surface area contributed by atoms with E-state index in [-0.39, 0.29) is 10.8 Å². The minimum Gasteiger partial charge on any atom is -0.381 e. The summed E-state index contributed by atoms with van der Waals surface area (Å²) in [6.07, 6.45) is 8.33. The summed E-state index contributed by atoms with van der Waals surface area (Å²) in [5.41, 5.74) is -0.136. The number of rotatable bonds is 6. The fourth-order valence-corrected chi connectivity index (χ4v) is 7.35. The second-order valence-corrected chi connectivity index (χ2v) is 11.7. The molecule has 0 bridgehead atoms. The Morgan fingerprint density at radius 3 is 2.30 bits per heavy atom. The van der Waals surface area contributed by atoms with Gasteiger partial charge in [0.25, 0.3) is 0 Å². The topological polar surface area (TPSA) is 79.0 Å². The number of piperidine rings is 2. The number of ether oxygens (including phenoxy) is 1. The van der Waals surface area contributed by atoms with E-state index in [1.165, 1.54) is 0 Å². The highest BCUT2D eigenvalue weighted by molar-refractivity contribution is 7.89. The Balaban J connectivity index is 1.43. The van der Waals surface area contributed by atoms with Crippen molar-refractivity contribution in [3.63, 3.8) is 0 Å². The van der Waals surface area contributed by atoms with Crippen LogP contribution >= 0.6 is 0 Å². The Morgan fingerprint density at radius 1 is 1.03 bits per heavy atom. The first-order valence-corrected chi connectivity index (χ1v) is 14.0. The predicted octanol–water partition coefficient (Wildman–Crippen LogP) is 3.08. The van der Waals surface area contributed by atoms with Crippen molar-refractivity contribution in [1.29, 1.82) is 0 Å². The lowest BCUT2D eigenvalue weighted by atomic mass is 9.81. The number of hydrogen-bond acceptors (Lipinski definition) is 5. The molecule has 3 aliphatic rings. The maximum absolute atomic E-state index is 13.8. The maximum atomic E-state index is 13.8. The number of methoxy groups -OCH3 is 1. The fraction of sp³-hybridized carbons (Fsp3) is 0.720. The van der Waals surface area contributed by atoms with E-state index in [4.69, 9.17) is 4.74 Å². The van der Waals surface area contributed by atoms with Crippen LogP contribution in [0.2, 0.25) is 0 Å². The molecule has 1 aromatic rings. The van der Waals surface area contributed by atoms with Crippen LogP contribution < -0.4 is 4.72 Å². The summed E-state index contributed by atoms with van der Waals surface area (Å²) >= 11 is 0. The van der Waals surface area contributed by atoms with E-state index in [9.17, 15) is 13.2 Å². The van der Waals surface area contributed by atoms with Crippen molar-refractivity contribution in [2.24, 2.45) is 0 Å². The number of nitrogens with one attached hydrogen (secondary N) is 1. The molecule has 1 aliphatic carbocycles. The summed E-state index contributed by atoms with van der Waals surface area (Å²) in [7, 11) is -1.99. The average molecular weight is 478 g/mol. The van der Waals surface area contributed by atoms with Gasteiger partial charge in [-0.15, -0.1) is 0 Å². The minimum atomic E-state index is -3.78. The van der Waals surface area contributed by atoms with E-state index in [1.54, 1.807) is 25.3 Å². The molecular formula is C25H39N3O4S. The van der Waals surface area contributed by atoms with E-state index >= 15 is 0 Å². The molecule has 1 aromatic carbocycles. The summed E-state index contributed by atoms with van der Waals surface area (Å²) in [4.78, 5) is 18.5. The van der Waals surface area contributed by atoms with E-state index in [0.29, 0.717) is 38.1 Å². The van der Waals surface area contributed by atoms with Crippen molar-refractivity contribution < 1.29 is 17.9 Å². The number of aryl methyl sites for hydroxylation is 1. The number of carbonyl (C=O) groups excluding carboxylic acids is 1. The normalized spacial score (nSPS) is 23.5. The molecule has 2 heterocycles. The van der Waals surface area contributed by atoms with E-state index < -0.39 is 15.6 Å². The van der Waals surface area contributed by atoms with Gasteiger partial charge in [-0.1, -0.05) is 31.4 Å². The van der Waals surface area contributed by atoms with Gasteiger partial charge in [-0.25, -0.2) is 8.42 Å². The molecule has 1 saturated carbocycles. The van der Waals surface area contributed by atoms with Crippen LogP contribution in [0.15, 0.2) is 29.2 Å². The lowest BCUT2D eigenvalue weighted by Crippen LogP contribution is -2.62. The third-order valence-electron chi connectivity index (χ3n) is 7.82. The summed E-state index contributed by atoms with van der Waals surface area (Å²) in [6, 6.07) is 7.40. The first kappa shape index (κ1) is 24.6. The smallest absolute Gasteiger partial charge is 0.243 e. The maximum Gasteiger partial charge on any atom is 0.243 e. The first-order valence-electron chi connectivity index (χ1n) is 12.5. The lowest BCUT2D eigenvalue weighted by molar-refractivity contribution is -0.140. The Morgan fingerprint density at radius 2 is 1.70 bits per heavy atom. The van der Waals surface area contributed by atoms with Crippen molar-refractivity contribution in [1.82, 2.24) is 14.5 Å². The third-order valence-corrected chi connectivity index (χ3v) is 9.36. The molecule has 0 unspecified atom stereocenters. The van der Waals surface area contributed by atoms with Gasteiger partial charge in [-0.05, 0) is 63.1 Å². The van der Waals surface area contributed by atoms with Crippen molar-refractivity contribution >= 4 is 15.9 Å². The van der Waals surface area contributed by atoms with Gasteiger partial charge < -0.3 is 14.5 Å². The van der Waals surface area contributed by atoms with Gasteiger partial charge in [-0.2, -0.15) is 4.72 Å². The summed E-state index contributed by atoms with van der Waals surface area (Å²) in [5, 5.41) is 0. The SMILES string of the molecule is COC1CCN(C2CCN(C(=O)C3(NS(=O)(=O)c4cccc(C)c4)CCCCC3)CC2)CC1. The molecule has 2 aliphatic heterocycles. The van der Waals surface area contributed by atoms with Crippen LogP contribution in [0.25, 0.3) is 0 Å². The Bertz CT molecular complexity index is 913. The van der Waals surface area contributed by atoms with Gasteiger partial charge >= 0.3 is 0 Å². The van der Waals surface area contributed by atoms with Gasteiger partial charge in [0, 0.05) is 39.3 Å². The Kier molecular flexibility index (Phi) is 7.78. The zero-order valence-corrected chi connectivity index (χ0v) is 20.9. The second kappa shape index (κ2) is 10.4. The molecule has 1 N–H and O–H groups in total. The van der Waals surface area contributed by atoms with Crippen LogP contribution in [0.3, 0.4) is 0 Å². The Hall–Kier alpha value is -1.48. The molecular weight excluding hydrogens is 438 g/mol. The minimum absolute atomic E-state index is 0.0324. The quantitative estimate of drug-likeness (QED) is 0.681. The summed E-state index contributed by atoms with van der Waals surface area (Å²) in [5.74, 6) is -0.0324. The van der Waals surface area contributed by atoms with Crippen molar-refractivity contribution in [3.8, 4) is 0 Å². The highest BCUT2D eigenvalue weighted by atomic mass is 32.2. The lowest BCUT2D eigenvalue weighted by Gasteiger charge is -2.45. The molecule has 33 heavy (non-hydrogen) atoms. The molecule has 0 radical (unpaired) electrons. The first-order chi connectivity index (χ1) is 15.8. The average Bonchev–Trinajstić information content (AvgIpc) is 2.84. The number of amides is 1. The van der Waals surface area contributed by atoms with Crippen LogP contribution in [0.1, 0.15) is 63.4 Å². The number of benzene rings is 1. The monoisotopic (exact) mass is 477 g/mol. The van der Waals surface area contributed by atoms with Crippen LogP contribution in [-0.4, -0.2) is 75.1 Å². The highest BCUT2D eigenvalue weighted by Crippen LogP contribution is 2.33. The van der Waals surface area contributed by atoms with Crippen molar-refractivity contribution in [2.75, 3.05) is 33.3 Å². The standard InChI is InChI=1S/C25H39N3O4S/c1-20-7-6-8-23(19-20)33(30,31)26-25(13-4-3-5-14-25)24(29)28-15-9-21(10-16-28)27-17-11-22(32-2)12-18-27/h6-8,19,21-22,26H,3-5,9-18H2,1-2H3. The number of carbonyl (C=O) groups is 1. The highest BCUT2D eigenvalue weighted by Gasteiger charge is 2.46. The summed E-state index contributed by atoms with van der Waals surface area (Å²) < 4.78 is 34.9. The van der Waals surface area contributed by atoms with Crippen LogP contribution in [0, 0.1) is 6.92 Å². The number of nitrogens with zero attached hydrogens (tertiary/aromatic N) is 2. The van der Waals surface area contributed by atoms with Gasteiger partial charge in [0.15, 0.2) is 0 Å². The molecule has 184 valence electrons. The zero-order valence-electron chi connectivity index (χ0n) is 20.1. The second-order valence-electron chi connectivity index (χ2n) is 10.1. The van der Waals surface area contributed by atoms with Crippen LogP contribution in [0.4, 0.5) is 0 Å². The fourth-order valence-electron chi connectivity index (χ4n) is 5.83. The van der Waals surface area contributed by atoms with Gasteiger partial charge in [-0.3, -0.25) is 4.79 Å². The molecule has 0 aromatic heterocycles. The van der Waals surface area contributed by atoms with E-state index in [1.807, 2.05) is 17.9 Å². The molecule has 4 rings (SSSR count).